The Bertz CT molecular complexity index is 789. The van der Waals surface area contributed by atoms with Crippen molar-refractivity contribution in [3.05, 3.63) is 41.5 Å². The van der Waals surface area contributed by atoms with Gasteiger partial charge in [0, 0.05) is 13.0 Å². The minimum absolute atomic E-state index is 0.0316. The molecule has 2 rings (SSSR count). The molecule has 0 spiro atoms. The first-order valence-electron chi connectivity index (χ1n) is 6.99. The van der Waals surface area contributed by atoms with Crippen molar-refractivity contribution in [2.75, 3.05) is 6.54 Å². The number of amides is 1. The van der Waals surface area contributed by atoms with Crippen LogP contribution in [0.5, 0.6) is 0 Å². The summed E-state index contributed by atoms with van der Waals surface area (Å²) in [6.45, 7) is -0.158. The van der Waals surface area contributed by atoms with Crippen LogP contribution in [0, 0.1) is 5.82 Å². The lowest BCUT2D eigenvalue weighted by molar-refractivity contribution is -0.143. The van der Waals surface area contributed by atoms with E-state index in [1.807, 2.05) is 0 Å². The van der Waals surface area contributed by atoms with Gasteiger partial charge in [-0.2, -0.15) is 13.2 Å². The van der Waals surface area contributed by atoms with Crippen LogP contribution >= 0.6 is 0 Å². The van der Waals surface area contributed by atoms with Gasteiger partial charge in [0.1, 0.15) is 11.5 Å². The lowest BCUT2D eigenvalue weighted by Gasteiger charge is -2.11. The summed E-state index contributed by atoms with van der Waals surface area (Å²) in [6, 6.07) is 4.61. The van der Waals surface area contributed by atoms with Crippen LogP contribution in [0.25, 0.3) is 5.69 Å². The smallest absolute Gasteiger partial charge is 0.435 e. The van der Waals surface area contributed by atoms with Crippen LogP contribution in [-0.2, 0) is 11.0 Å². The number of rotatable bonds is 6. The Morgan fingerprint density at radius 3 is 2.52 bits per heavy atom. The van der Waals surface area contributed by atoms with E-state index >= 15 is 0 Å². The number of carbonyl (C=O) groups excluding carboxylic acids is 1. The summed E-state index contributed by atoms with van der Waals surface area (Å²) in [5.74, 6) is -3.25. The third-order valence-electron chi connectivity index (χ3n) is 3.09. The fourth-order valence-corrected chi connectivity index (χ4v) is 2.01. The molecule has 1 aromatic heterocycles. The maximum atomic E-state index is 13.8. The SMILES string of the molecule is O=C(O)CCCNC(=O)c1nnn(-c2ccccc2F)c1C(F)(F)F. The number of nitrogens with zero attached hydrogens (tertiary/aromatic N) is 3. The molecule has 0 aliphatic rings. The second-order valence-corrected chi connectivity index (χ2v) is 4.90. The number of carbonyl (C=O) groups is 2. The van der Waals surface area contributed by atoms with Gasteiger partial charge in [0.05, 0.1) is 0 Å². The number of aliphatic carboxylic acids is 1. The molecule has 11 heteroatoms. The Hall–Kier alpha value is -2.98. The van der Waals surface area contributed by atoms with Crippen LogP contribution in [0.3, 0.4) is 0 Å². The summed E-state index contributed by atoms with van der Waals surface area (Å²) in [5.41, 5.74) is -3.05. The summed E-state index contributed by atoms with van der Waals surface area (Å²) >= 11 is 0. The first-order chi connectivity index (χ1) is 11.7. The number of nitrogens with one attached hydrogen (secondary N) is 1. The molecule has 0 saturated heterocycles. The minimum Gasteiger partial charge on any atom is -0.481 e. The van der Waals surface area contributed by atoms with Gasteiger partial charge >= 0.3 is 12.1 Å². The number of benzene rings is 1. The van der Waals surface area contributed by atoms with E-state index in [0.29, 0.717) is 0 Å². The maximum absolute atomic E-state index is 13.8. The van der Waals surface area contributed by atoms with Crippen LogP contribution in [-0.4, -0.2) is 38.5 Å². The van der Waals surface area contributed by atoms with E-state index in [2.05, 4.69) is 15.6 Å². The summed E-state index contributed by atoms with van der Waals surface area (Å²) in [4.78, 5) is 22.3. The predicted octanol–water partition coefficient (Wildman–Crippen LogP) is 2.02. The first kappa shape index (κ1) is 18.4. The molecule has 0 saturated carbocycles. The number of aromatic nitrogens is 3. The summed E-state index contributed by atoms with van der Waals surface area (Å²) in [5, 5.41) is 17.1. The number of alkyl halides is 3. The molecule has 2 aromatic rings. The van der Waals surface area contributed by atoms with Gasteiger partial charge in [-0.3, -0.25) is 9.59 Å². The maximum Gasteiger partial charge on any atom is 0.435 e. The topological polar surface area (TPSA) is 97.1 Å². The Morgan fingerprint density at radius 1 is 1.24 bits per heavy atom. The average molecular weight is 360 g/mol. The van der Waals surface area contributed by atoms with E-state index in [0.717, 1.165) is 12.1 Å². The van der Waals surface area contributed by atoms with Crippen LogP contribution < -0.4 is 5.32 Å². The highest BCUT2D eigenvalue weighted by Gasteiger charge is 2.42. The molecule has 0 fully saturated rings. The fraction of sp³-hybridized carbons (Fsp3) is 0.286. The normalized spacial score (nSPS) is 11.4. The van der Waals surface area contributed by atoms with E-state index in [1.54, 1.807) is 0 Å². The molecule has 1 heterocycles. The van der Waals surface area contributed by atoms with E-state index in [-0.39, 0.29) is 24.1 Å². The average Bonchev–Trinajstić information content (AvgIpc) is 2.96. The number of halogens is 4. The third-order valence-corrected chi connectivity index (χ3v) is 3.09. The van der Waals surface area contributed by atoms with Crippen LogP contribution in [0.4, 0.5) is 17.6 Å². The summed E-state index contributed by atoms with van der Waals surface area (Å²) < 4.78 is 54.0. The van der Waals surface area contributed by atoms with Crippen LogP contribution in [0.2, 0.25) is 0 Å². The van der Waals surface area contributed by atoms with Crippen molar-refractivity contribution in [3.8, 4) is 5.69 Å². The Balaban J connectivity index is 2.32. The molecule has 0 radical (unpaired) electrons. The Kier molecular flexibility index (Phi) is 5.35. The van der Waals surface area contributed by atoms with Crippen molar-refractivity contribution in [2.45, 2.75) is 19.0 Å². The zero-order chi connectivity index (χ0) is 18.6. The second-order valence-electron chi connectivity index (χ2n) is 4.90. The van der Waals surface area contributed by atoms with Crippen molar-refractivity contribution < 1.29 is 32.3 Å². The molecule has 1 aromatic carbocycles. The molecule has 134 valence electrons. The van der Waals surface area contributed by atoms with Crippen molar-refractivity contribution in [3.63, 3.8) is 0 Å². The molecule has 0 unspecified atom stereocenters. The number of carboxylic acids is 1. The molecule has 0 bridgehead atoms. The standard InChI is InChI=1S/C14H12F4N4O3/c15-8-4-1-2-5-9(8)22-12(14(16,17)18)11(20-21-22)13(25)19-7-3-6-10(23)24/h1-2,4-5H,3,6-7H2,(H,19,25)(H,23,24). The molecule has 25 heavy (non-hydrogen) atoms. The van der Waals surface area contributed by atoms with E-state index in [1.165, 1.54) is 12.1 Å². The van der Waals surface area contributed by atoms with Crippen molar-refractivity contribution >= 4 is 11.9 Å². The summed E-state index contributed by atoms with van der Waals surface area (Å²) in [7, 11) is 0. The van der Waals surface area contributed by atoms with E-state index in [4.69, 9.17) is 5.11 Å². The van der Waals surface area contributed by atoms with Crippen molar-refractivity contribution in [2.24, 2.45) is 0 Å². The predicted molar refractivity (Wildman–Crippen MR) is 75.5 cm³/mol. The molecular formula is C14H12F4N4O3. The number of hydrogen-bond donors (Lipinski definition) is 2. The monoisotopic (exact) mass is 360 g/mol. The quantitative estimate of drug-likeness (QED) is 0.607. The molecule has 0 aliphatic heterocycles. The molecule has 0 aliphatic carbocycles. The minimum atomic E-state index is -5.01. The lowest BCUT2D eigenvalue weighted by atomic mass is 10.2. The Labute approximate surface area is 138 Å². The van der Waals surface area contributed by atoms with Gasteiger partial charge in [0.2, 0.25) is 0 Å². The van der Waals surface area contributed by atoms with E-state index in [9.17, 15) is 27.2 Å². The number of hydrogen-bond acceptors (Lipinski definition) is 4. The zero-order valence-corrected chi connectivity index (χ0v) is 12.5. The largest absolute Gasteiger partial charge is 0.481 e. The van der Waals surface area contributed by atoms with Gasteiger partial charge < -0.3 is 10.4 Å². The third kappa shape index (κ3) is 4.31. The van der Waals surface area contributed by atoms with Gasteiger partial charge in [0.25, 0.3) is 5.91 Å². The van der Waals surface area contributed by atoms with Crippen molar-refractivity contribution in [1.29, 1.82) is 0 Å². The number of carboxylic acid groups (broad SMARTS) is 1. The van der Waals surface area contributed by atoms with E-state index < -0.39 is 40.9 Å². The molecule has 1 amide bonds. The van der Waals surface area contributed by atoms with Crippen LogP contribution in [0.15, 0.2) is 24.3 Å². The van der Waals surface area contributed by atoms with Gasteiger partial charge in [0.15, 0.2) is 11.4 Å². The molecule has 7 nitrogen and oxygen atoms in total. The van der Waals surface area contributed by atoms with Gasteiger partial charge in [-0.25, -0.2) is 9.07 Å². The molecule has 2 N–H and O–H groups in total. The highest BCUT2D eigenvalue weighted by molar-refractivity contribution is 5.93. The molecular weight excluding hydrogens is 348 g/mol. The highest BCUT2D eigenvalue weighted by Crippen LogP contribution is 2.33. The van der Waals surface area contributed by atoms with Crippen LogP contribution in [0.1, 0.15) is 29.0 Å². The zero-order valence-electron chi connectivity index (χ0n) is 12.5. The second kappa shape index (κ2) is 7.28. The van der Waals surface area contributed by atoms with Gasteiger partial charge in [-0.15, -0.1) is 5.10 Å². The lowest BCUT2D eigenvalue weighted by Crippen LogP contribution is -2.28. The molecule has 0 atom stereocenters. The van der Waals surface area contributed by atoms with Crippen molar-refractivity contribution in [1.82, 2.24) is 20.3 Å². The fourth-order valence-electron chi connectivity index (χ4n) is 2.01. The number of para-hydroxylation sites is 1. The Morgan fingerprint density at radius 2 is 1.92 bits per heavy atom. The van der Waals surface area contributed by atoms with Gasteiger partial charge in [-0.1, -0.05) is 17.3 Å². The van der Waals surface area contributed by atoms with Gasteiger partial charge in [-0.05, 0) is 18.6 Å². The highest BCUT2D eigenvalue weighted by atomic mass is 19.4. The first-order valence-corrected chi connectivity index (χ1v) is 6.99. The summed E-state index contributed by atoms with van der Waals surface area (Å²) in [6.07, 6.45) is -5.24.